The van der Waals surface area contributed by atoms with Gasteiger partial charge in [0.2, 0.25) is 23.3 Å². The zero-order valence-electron chi connectivity index (χ0n) is 19.5. The van der Waals surface area contributed by atoms with E-state index in [1.54, 1.807) is 0 Å². The SMILES string of the molecule is Cc1[nH]nc(N=Nc2c(O)nc(N3CCC(Cc4ccccc4)CC3)[nH]c2=O)c1-c1ccccc1. The van der Waals surface area contributed by atoms with Crippen molar-refractivity contribution in [2.24, 2.45) is 16.1 Å². The molecule has 9 heteroatoms. The normalized spacial score (nSPS) is 14.6. The molecule has 1 saturated heterocycles. The highest BCUT2D eigenvalue weighted by Crippen LogP contribution is 2.33. The standard InChI is InChI=1S/C26H27N7O2/c1-17-21(20-10-6-3-7-11-20)23(31-29-17)32-30-22-24(34)27-26(28-25(22)35)33-14-12-19(13-15-33)16-18-8-4-2-5-9-18/h2-11,19H,12-16H2,1H3,(H,29,31)(H2,27,28,34,35). The summed E-state index contributed by atoms with van der Waals surface area (Å²) in [5.74, 6) is 0.813. The molecule has 1 aliphatic rings. The Kier molecular flexibility index (Phi) is 6.38. The minimum absolute atomic E-state index is 0.243. The second-order valence-electron chi connectivity index (χ2n) is 8.80. The van der Waals surface area contributed by atoms with Crippen LogP contribution in [0.3, 0.4) is 0 Å². The highest BCUT2D eigenvalue weighted by molar-refractivity contribution is 5.75. The Morgan fingerprint density at radius 1 is 1.03 bits per heavy atom. The topological polar surface area (TPSA) is 123 Å². The van der Waals surface area contributed by atoms with E-state index >= 15 is 0 Å². The van der Waals surface area contributed by atoms with Gasteiger partial charge in [0.25, 0.3) is 5.56 Å². The molecule has 0 amide bonds. The molecule has 178 valence electrons. The number of benzene rings is 2. The Morgan fingerprint density at radius 2 is 1.71 bits per heavy atom. The van der Waals surface area contributed by atoms with E-state index in [4.69, 9.17) is 0 Å². The minimum atomic E-state index is -0.545. The molecule has 0 radical (unpaired) electrons. The zero-order valence-corrected chi connectivity index (χ0v) is 19.5. The van der Waals surface area contributed by atoms with Crippen molar-refractivity contribution >= 4 is 17.5 Å². The number of azo groups is 1. The molecule has 0 atom stereocenters. The Hall–Kier alpha value is -4.27. The lowest BCUT2D eigenvalue weighted by atomic mass is 9.90. The Labute approximate surface area is 202 Å². The van der Waals surface area contributed by atoms with Gasteiger partial charge in [0.1, 0.15) is 0 Å². The van der Waals surface area contributed by atoms with Gasteiger partial charge < -0.3 is 10.0 Å². The smallest absolute Gasteiger partial charge is 0.284 e. The number of anilines is 1. The molecule has 0 spiro atoms. The monoisotopic (exact) mass is 469 g/mol. The van der Waals surface area contributed by atoms with Crippen LogP contribution in [0.5, 0.6) is 5.88 Å². The van der Waals surface area contributed by atoms with Crippen molar-refractivity contribution in [3.8, 4) is 17.0 Å². The molecule has 4 aromatic rings. The van der Waals surface area contributed by atoms with Crippen LogP contribution in [0.15, 0.2) is 75.7 Å². The summed E-state index contributed by atoms with van der Waals surface area (Å²) < 4.78 is 0. The molecular formula is C26H27N7O2. The number of hydrogen-bond donors (Lipinski definition) is 3. The maximum atomic E-state index is 12.7. The van der Waals surface area contributed by atoms with E-state index in [-0.39, 0.29) is 5.69 Å². The lowest BCUT2D eigenvalue weighted by Crippen LogP contribution is -2.36. The molecule has 0 saturated carbocycles. The second kappa shape index (κ2) is 9.92. The molecule has 0 bridgehead atoms. The number of aromatic hydroxyl groups is 1. The lowest BCUT2D eigenvalue weighted by molar-refractivity contribution is 0.397. The first-order valence-corrected chi connectivity index (χ1v) is 11.7. The number of H-pyrrole nitrogens is 2. The molecular weight excluding hydrogens is 442 g/mol. The molecule has 1 aliphatic heterocycles. The Bertz CT molecular complexity index is 1370. The maximum Gasteiger partial charge on any atom is 0.284 e. The zero-order chi connectivity index (χ0) is 24.2. The molecule has 0 aliphatic carbocycles. The highest BCUT2D eigenvalue weighted by atomic mass is 16.3. The van der Waals surface area contributed by atoms with Crippen LogP contribution in [0.2, 0.25) is 0 Å². The summed E-state index contributed by atoms with van der Waals surface area (Å²) in [6.45, 7) is 3.40. The predicted molar refractivity (Wildman–Crippen MR) is 135 cm³/mol. The maximum absolute atomic E-state index is 12.7. The van der Waals surface area contributed by atoms with Crippen molar-refractivity contribution in [2.45, 2.75) is 26.2 Å². The average Bonchev–Trinajstić information content (AvgIpc) is 3.25. The van der Waals surface area contributed by atoms with Crippen LogP contribution < -0.4 is 10.5 Å². The van der Waals surface area contributed by atoms with Crippen LogP contribution in [0.4, 0.5) is 17.5 Å². The van der Waals surface area contributed by atoms with Gasteiger partial charge in [-0.3, -0.25) is 14.9 Å². The van der Waals surface area contributed by atoms with E-state index in [2.05, 4.69) is 54.7 Å². The second-order valence-corrected chi connectivity index (χ2v) is 8.80. The molecule has 2 aromatic carbocycles. The van der Waals surface area contributed by atoms with Crippen molar-refractivity contribution < 1.29 is 5.11 Å². The van der Waals surface area contributed by atoms with Crippen LogP contribution in [-0.4, -0.2) is 38.4 Å². The number of piperidine rings is 1. The molecule has 0 unspecified atom stereocenters. The molecule has 3 heterocycles. The third-order valence-corrected chi connectivity index (χ3v) is 6.38. The Morgan fingerprint density at radius 3 is 2.40 bits per heavy atom. The van der Waals surface area contributed by atoms with E-state index in [1.165, 1.54) is 5.56 Å². The van der Waals surface area contributed by atoms with Crippen LogP contribution in [-0.2, 0) is 6.42 Å². The number of nitrogens with one attached hydrogen (secondary N) is 2. The van der Waals surface area contributed by atoms with Gasteiger partial charge in [-0.05, 0) is 43.2 Å². The molecule has 9 nitrogen and oxygen atoms in total. The molecule has 2 aromatic heterocycles. The van der Waals surface area contributed by atoms with E-state index in [0.29, 0.717) is 17.7 Å². The van der Waals surface area contributed by atoms with Gasteiger partial charge >= 0.3 is 0 Å². The van der Waals surface area contributed by atoms with Gasteiger partial charge in [-0.25, -0.2) is 0 Å². The third kappa shape index (κ3) is 4.98. The summed E-state index contributed by atoms with van der Waals surface area (Å²) in [5, 5.41) is 25.7. The van der Waals surface area contributed by atoms with Gasteiger partial charge in [0, 0.05) is 18.8 Å². The number of nitrogens with zero attached hydrogens (tertiary/aromatic N) is 5. The molecule has 5 rings (SSSR count). The van der Waals surface area contributed by atoms with E-state index < -0.39 is 11.4 Å². The van der Waals surface area contributed by atoms with Gasteiger partial charge in [0.15, 0.2) is 0 Å². The number of hydrogen-bond acceptors (Lipinski definition) is 7. The summed E-state index contributed by atoms with van der Waals surface area (Å²) in [6, 6.07) is 20.1. The van der Waals surface area contributed by atoms with Crippen LogP contribution in [0, 0.1) is 12.8 Å². The highest BCUT2D eigenvalue weighted by Gasteiger charge is 2.23. The summed E-state index contributed by atoms with van der Waals surface area (Å²) in [6.07, 6.45) is 3.02. The minimum Gasteiger partial charge on any atom is -0.491 e. The van der Waals surface area contributed by atoms with E-state index in [9.17, 15) is 9.90 Å². The van der Waals surface area contributed by atoms with Gasteiger partial charge in [-0.1, -0.05) is 60.7 Å². The van der Waals surface area contributed by atoms with Crippen molar-refractivity contribution in [3.63, 3.8) is 0 Å². The first-order chi connectivity index (χ1) is 17.1. The van der Waals surface area contributed by atoms with Crippen LogP contribution in [0.25, 0.3) is 11.1 Å². The van der Waals surface area contributed by atoms with E-state index in [0.717, 1.165) is 49.2 Å². The number of rotatable bonds is 6. The first kappa shape index (κ1) is 22.5. The van der Waals surface area contributed by atoms with Gasteiger partial charge in [-0.2, -0.15) is 10.1 Å². The predicted octanol–water partition coefficient (Wildman–Crippen LogP) is 5.05. The van der Waals surface area contributed by atoms with Crippen molar-refractivity contribution in [3.05, 3.63) is 82.3 Å². The number of aromatic amines is 2. The molecule has 1 fully saturated rings. The first-order valence-electron chi connectivity index (χ1n) is 11.7. The van der Waals surface area contributed by atoms with Gasteiger partial charge in [0.05, 0.1) is 5.56 Å². The summed E-state index contributed by atoms with van der Waals surface area (Å²) in [5.41, 5.74) is 3.09. The third-order valence-electron chi connectivity index (χ3n) is 6.38. The molecule has 3 N–H and O–H groups in total. The summed E-state index contributed by atoms with van der Waals surface area (Å²) in [7, 11) is 0. The fourth-order valence-corrected chi connectivity index (χ4v) is 4.52. The fraction of sp³-hybridized carbons (Fsp3) is 0.269. The number of aromatic nitrogens is 4. The quantitative estimate of drug-likeness (QED) is 0.341. The summed E-state index contributed by atoms with van der Waals surface area (Å²) in [4.78, 5) is 21.7. The fourth-order valence-electron chi connectivity index (χ4n) is 4.52. The lowest BCUT2D eigenvalue weighted by Gasteiger charge is -2.32. The van der Waals surface area contributed by atoms with Crippen LogP contribution >= 0.6 is 0 Å². The molecule has 35 heavy (non-hydrogen) atoms. The average molecular weight is 470 g/mol. The van der Waals surface area contributed by atoms with Crippen LogP contribution in [0.1, 0.15) is 24.1 Å². The number of aryl methyl sites for hydroxylation is 1. The van der Waals surface area contributed by atoms with E-state index in [1.807, 2.05) is 48.2 Å². The largest absolute Gasteiger partial charge is 0.491 e. The van der Waals surface area contributed by atoms with Crippen molar-refractivity contribution in [2.75, 3.05) is 18.0 Å². The van der Waals surface area contributed by atoms with Crippen molar-refractivity contribution in [1.82, 2.24) is 20.2 Å². The van der Waals surface area contributed by atoms with Crippen molar-refractivity contribution in [1.29, 1.82) is 0 Å². The summed E-state index contributed by atoms with van der Waals surface area (Å²) >= 11 is 0. The van der Waals surface area contributed by atoms with Gasteiger partial charge in [-0.15, -0.1) is 10.2 Å². The Balaban J connectivity index is 1.30.